The van der Waals surface area contributed by atoms with Crippen LogP contribution >= 0.6 is 11.6 Å². The van der Waals surface area contributed by atoms with Crippen LogP contribution in [0.25, 0.3) is 16.6 Å². The minimum absolute atomic E-state index is 0.127. The quantitative estimate of drug-likeness (QED) is 0.378. The van der Waals surface area contributed by atoms with E-state index in [4.69, 9.17) is 36.1 Å². The van der Waals surface area contributed by atoms with Crippen LogP contribution in [-0.4, -0.2) is 99.9 Å². The van der Waals surface area contributed by atoms with Gasteiger partial charge in [0.05, 0.1) is 11.7 Å². The van der Waals surface area contributed by atoms with E-state index in [2.05, 4.69) is 4.90 Å². The van der Waals surface area contributed by atoms with Crippen LogP contribution in [0.2, 0.25) is 5.02 Å². The van der Waals surface area contributed by atoms with Crippen molar-refractivity contribution in [3.63, 3.8) is 0 Å². The second kappa shape index (κ2) is 13.3. The zero-order valence-corrected chi connectivity index (χ0v) is 22.8. The van der Waals surface area contributed by atoms with Gasteiger partial charge in [0.2, 0.25) is 0 Å². The summed E-state index contributed by atoms with van der Waals surface area (Å²) >= 11 is 6.23. The molecule has 1 aromatic heterocycles. The number of carboxylic acids is 2. The Bertz CT molecular complexity index is 1300. The molecule has 39 heavy (non-hydrogen) atoms. The van der Waals surface area contributed by atoms with Crippen LogP contribution in [0.5, 0.6) is 5.75 Å². The van der Waals surface area contributed by atoms with Crippen LogP contribution in [0.3, 0.4) is 0 Å². The number of nitrogens with zero attached hydrogens (tertiary/aromatic N) is 4. The number of ether oxygens (including phenoxy) is 1. The zero-order valence-electron chi connectivity index (χ0n) is 22.0. The fourth-order valence-electron chi connectivity index (χ4n) is 4.10. The second-order valence-corrected chi connectivity index (χ2v) is 9.76. The first-order chi connectivity index (χ1) is 18.5. The number of urea groups is 1. The number of fused-ring (bicyclic) bond motifs is 1. The number of hydrogen-bond acceptors (Lipinski definition) is 5. The molecule has 0 radical (unpaired) electrons. The Morgan fingerprint density at radius 1 is 1.08 bits per heavy atom. The van der Waals surface area contributed by atoms with Crippen molar-refractivity contribution in [2.45, 2.75) is 19.9 Å². The van der Waals surface area contributed by atoms with Gasteiger partial charge in [-0.05, 0) is 63.4 Å². The summed E-state index contributed by atoms with van der Waals surface area (Å²) in [6, 6.07) is 12.4. The first-order valence-electron chi connectivity index (χ1n) is 12.4. The van der Waals surface area contributed by atoms with E-state index in [-0.39, 0.29) is 17.9 Å². The minimum Gasteiger partial charge on any atom is -0.490 e. The number of carbonyl (C=O) groups excluding carboxylic acids is 1. The molecule has 0 atom stereocenters. The first-order valence-corrected chi connectivity index (χ1v) is 12.8. The molecule has 1 aliphatic rings. The molecule has 10 nitrogen and oxygen atoms in total. The number of hydrogen-bond donors (Lipinski definition) is 2. The Kier molecular flexibility index (Phi) is 10.1. The molecule has 2 N–H and O–H groups in total. The van der Waals surface area contributed by atoms with E-state index in [9.17, 15) is 9.18 Å². The average molecular weight is 563 g/mol. The minimum atomic E-state index is -1.82. The van der Waals surface area contributed by atoms with E-state index < -0.39 is 11.9 Å². The highest BCUT2D eigenvalue weighted by atomic mass is 35.5. The normalized spacial score (nSPS) is 13.3. The third kappa shape index (κ3) is 7.84. The summed E-state index contributed by atoms with van der Waals surface area (Å²) in [6.07, 6.45) is 1.91. The van der Waals surface area contributed by atoms with Gasteiger partial charge in [0.15, 0.2) is 0 Å². The highest BCUT2D eigenvalue weighted by Crippen LogP contribution is 2.32. The van der Waals surface area contributed by atoms with E-state index in [0.29, 0.717) is 18.2 Å². The second-order valence-electron chi connectivity index (χ2n) is 9.32. The lowest BCUT2D eigenvalue weighted by atomic mass is 10.2. The van der Waals surface area contributed by atoms with Gasteiger partial charge in [-0.3, -0.25) is 0 Å². The van der Waals surface area contributed by atoms with Gasteiger partial charge in [0.25, 0.3) is 0 Å². The van der Waals surface area contributed by atoms with Gasteiger partial charge in [0.1, 0.15) is 18.2 Å². The Morgan fingerprint density at radius 3 is 2.33 bits per heavy atom. The number of rotatable bonds is 9. The van der Waals surface area contributed by atoms with Gasteiger partial charge in [0, 0.05) is 54.9 Å². The van der Waals surface area contributed by atoms with E-state index in [0.717, 1.165) is 48.5 Å². The molecule has 4 rings (SSSR count). The third-order valence-corrected chi connectivity index (χ3v) is 6.49. The summed E-state index contributed by atoms with van der Waals surface area (Å²) in [4.78, 5) is 36.6. The number of amides is 2. The lowest BCUT2D eigenvalue weighted by Crippen LogP contribution is -2.39. The third-order valence-electron chi connectivity index (χ3n) is 6.25. The highest BCUT2D eigenvalue weighted by molar-refractivity contribution is 6.31. The van der Waals surface area contributed by atoms with Gasteiger partial charge >= 0.3 is 18.0 Å². The van der Waals surface area contributed by atoms with Gasteiger partial charge < -0.3 is 34.2 Å². The number of likely N-dealkylation sites (N-methyl/N-ethyl adjacent to an activating group) is 1. The summed E-state index contributed by atoms with van der Waals surface area (Å²) in [6.45, 7) is 8.41. The molecule has 1 fully saturated rings. The molecule has 2 aromatic carbocycles. The molecule has 2 heterocycles. The Balaban J connectivity index is 0.000000631. The van der Waals surface area contributed by atoms with Crippen LogP contribution in [0.15, 0.2) is 48.7 Å². The molecule has 1 aliphatic heterocycles. The van der Waals surface area contributed by atoms with Crippen molar-refractivity contribution >= 4 is 40.5 Å². The SMILES string of the molecule is CC(C)N1CCN(CCN(C)CCOc2cn(-c3ccc(F)cc3)c3cc(Cl)ccc23)C1=O.O=C(O)C(=O)O. The maximum Gasteiger partial charge on any atom is 0.414 e. The molecular weight excluding hydrogens is 531 g/mol. The number of benzene rings is 2. The summed E-state index contributed by atoms with van der Waals surface area (Å²) in [5.74, 6) is -3.17. The average Bonchev–Trinajstić information content (AvgIpc) is 3.43. The number of carboxylic acid groups (broad SMARTS) is 2. The molecule has 210 valence electrons. The van der Waals surface area contributed by atoms with Crippen molar-refractivity contribution in [1.29, 1.82) is 0 Å². The number of aromatic nitrogens is 1. The zero-order chi connectivity index (χ0) is 28.7. The summed E-state index contributed by atoms with van der Waals surface area (Å²) < 4.78 is 21.5. The maximum absolute atomic E-state index is 13.4. The van der Waals surface area contributed by atoms with Crippen LogP contribution in [0, 0.1) is 5.82 Å². The fourth-order valence-corrected chi connectivity index (χ4v) is 4.27. The Labute approximate surface area is 230 Å². The molecule has 0 bridgehead atoms. The van der Waals surface area contributed by atoms with Crippen molar-refractivity contribution in [2.75, 3.05) is 46.4 Å². The molecular formula is C27H32ClFN4O6. The van der Waals surface area contributed by atoms with Crippen LogP contribution in [0.4, 0.5) is 9.18 Å². The van der Waals surface area contributed by atoms with Crippen molar-refractivity contribution in [3.8, 4) is 11.4 Å². The summed E-state index contributed by atoms with van der Waals surface area (Å²) in [7, 11) is 2.03. The largest absolute Gasteiger partial charge is 0.490 e. The summed E-state index contributed by atoms with van der Waals surface area (Å²) in [5.41, 5.74) is 1.74. The molecule has 0 saturated carbocycles. The van der Waals surface area contributed by atoms with E-state index in [1.54, 1.807) is 12.1 Å². The van der Waals surface area contributed by atoms with E-state index in [1.807, 2.05) is 59.7 Å². The van der Waals surface area contributed by atoms with Gasteiger partial charge in [-0.2, -0.15) is 0 Å². The molecule has 12 heteroatoms. The van der Waals surface area contributed by atoms with Crippen molar-refractivity contribution in [2.24, 2.45) is 0 Å². The molecule has 1 saturated heterocycles. The molecule has 0 spiro atoms. The fraction of sp³-hybridized carbons (Fsp3) is 0.370. The van der Waals surface area contributed by atoms with Crippen LogP contribution < -0.4 is 4.74 Å². The molecule has 2 amide bonds. The van der Waals surface area contributed by atoms with Gasteiger partial charge in [-0.1, -0.05) is 11.6 Å². The lowest BCUT2D eigenvalue weighted by Gasteiger charge is -2.23. The number of aliphatic carboxylic acids is 2. The van der Waals surface area contributed by atoms with Gasteiger partial charge in [-0.15, -0.1) is 0 Å². The smallest absolute Gasteiger partial charge is 0.414 e. The summed E-state index contributed by atoms with van der Waals surface area (Å²) in [5, 5.41) is 16.4. The van der Waals surface area contributed by atoms with Crippen LogP contribution in [0.1, 0.15) is 13.8 Å². The van der Waals surface area contributed by atoms with Crippen molar-refractivity contribution < 1.29 is 33.7 Å². The number of carbonyl (C=O) groups is 3. The lowest BCUT2D eigenvalue weighted by molar-refractivity contribution is -0.159. The van der Waals surface area contributed by atoms with Gasteiger partial charge in [-0.25, -0.2) is 18.8 Å². The molecule has 0 unspecified atom stereocenters. The van der Waals surface area contributed by atoms with Crippen molar-refractivity contribution in [3.05, 3.63) is 59.5 Å². The predicted molar refractivity (Wildman–Crippen MR) is 145 cm³/mol. The Hall–Kier alpha value is -3.83. The standard InChI is InChI=1S/C25H30ClFN4O2.C2H2O4/c1-18(2)30-13-12-29(25(30)32)11-10-28(3)14-15-33-24-17-31(21-7-5-20(27)6-8-21)23-16-19(26)4-9-22(23)24;3-1(4)2(5)6/h4-9,16-18H,10-15H2,1-3H3;(H,3,4)(H,5,6). The monoisotopic (exact) mass is 562 g/mol. The highest BCUT2D eigenvalue weighted by Gasteiger charge is 2.29. The predicted octanol–water partition coefficient (Wildman–Crippen LogP) is 4.04. The van der Waals surface area contributed by atoms with E-state index in [1.165, 1.54) is 12.1 Å². The molecule has 0 aliphatic carbocycles. The molecule has 3 aromatic rings. The first kappa shape index (κ1) is 29.7. The number of halogens is 2. The Morgan fingerprint density at radius 2 is 1.74 bits per heavy atom. The van der Waals surface area contributed by atoms with Crippen LogP contribution in [-0.2, 0) is 9.59 Å². The topological polar surface area (TPSA) is 116 Å². The maximum atomic E-state index is 13.4. The van der Waals surface area contributed by atoms with Crippen molar-refractivity contribution in [1.82, 2.24) is 19.3 Å². The van der Waals surface area contributed by atoms with E-state index >= 15 is 0 Å².